The molecule has 0 heterocycles. The van der Waals surface area contributed by atoms with Gasteiger partial charge in [-0.15, -0.1) is 0 Å². The molecule has 2 aromatic carbocycles. The van der Waals surface area contributed by atoms with Gasteiger partial charge in [0.15, 0.2) is 0 Å². The fourth-order valence-corrected chi connectivity index (χ4v) is 13.4. The standard InChI is InChI=1S/C23H27F3O6S.C23H30O3/c1-22-10-9-17-16-7-5-15(32-33(29,30)23(24,25)26)11-13(16)3-6-18(17)21(22)14(12-19(22)27)4-8-20(28)31-2;1-14-4-7-17-15(12-14)5-8-19-18(17)10-11-23(2)20(24)13-16(22(19)23)6-9-21(25)26-3/h5,7,11,14,17-18,21H,3-4,6,8-10,12H2,1-2H3;4,7,12,16,18-19,22H,5-6,8-11,13H2,1-3H3/t14-,17-,18-,21+,22-;16-,18-,19-,22+,23-/m11/s1. The smallest absolute Gasteiger partial charge is 0.469 e. The van der Waals surface area contributed by atoms with Crippen LogP contribution in [0.4, 0.5) is 13.2 Å². The van der Waals surface area contributed by atoms with Crippen molar-refractivity contribution in [3.8, 4) is 5.75 Å². The number of rotatable bonds is 8. The van der Waals surface area contributed by atoms with Gasteiger partial charge >= 0.3 is 27.6 Å². The third-order valence-corrected chi connectivity index (χ3v) is 16.6. The minimum absolute atomic E-state index is 0.0930. The van der Waals surface area contributed by atoms with E-state index in [0.29, 0.717) is 68.0 Å². The van der Waals surface area contributed by atoms with Crippen LogP contribution >= 0.6 is 0 Å². The molecule has 13 heteroatoms. The van der Waals surface area contributed by atoms with E-state index in [9.17, 15) is 40.8 Å². The molecule has 0 aromatic heterocycles. The van der Waals surface area contributed by atoms with Gasteiger partial charge in [-0.3, -0.25) is 19.2 Å². The first kappa shape index (κ1) is 43.4. The lowest BCUT2D eigenvalue weighted by atomic mass is 9.54. The molecule has 0 unspecified atom stereocenters. The summed E-state index contributed by atoms with van der Waals surface area (Å²) in [7, 11) is -2.93. The van der Waals surface area contributed by atoms with Crippen LogP contribution in [0.15, 0.2) is 36.4 Å². The second kappa shape index (κ2) is 16.3. The lowest BCUT2D eigenvalue weighted by molar-refractivity contribution is -0.142. The van der Waals surface area contributed by atoms with Crippen LogP contribution in [-0.4, -0.2) is 51.7 Å². The van der Waals surface area contributed by atoms with Crippen LogP contribution in [0.25, 0.3) is 0 Å². The van der Waals surface area contributed by atoms with Crippen molar-refractivity contribution < 1.29 is 54.4 Å². The number of carbonyl (C=O) groups excluding carboxylic acids is 4. The molecule has 0 bridgehead atoms. The van der Waals surface area contributed by atoms with E-state index in [4.69, 9.17) is 9.47 Å². The van der Waals surface area contributed by atoms with Crippen molar-refractivity contribution in [2.45, 2.75) is 128 Å². The predicted molar refractivity (Wildman–Crippen MR) is 213 cm³/mol. The molecular formula is C46H57F3O9S. The zero-order chi connectivity index (χ0) is 42.7. The maximum absolute atomic E-state index is 13.0. The molecule has 2 aromatic rings. The second-order valence-electron chi connectivity index (χ2n) is 18.6. The first-order chi connectivity index (χ1) is 27.8. The van der Waals surface area contributed by atoms with E-state index >= 15 is 0 Å². The van der Waals surface area contributed by atoms with E-state index < -0.39 is 21.0 Å². The Hall–Kier alpha value is -3.74. The summed E-state index contributed by atoms with van der Waals surface area (Å²) in [5, 5.41) is 0. The molecule has 0 saturated heterocycles. The number of fused-ring (bicyclic) bond motifs is 10. The third kappa shape index (κ3) is 7.98. The summed E-state index contributed by atoms with van der Waals surface area (Å²) in [6.07, 6.45) is 10.4. The van der Waals surface area contributed by atoms with Gasteiger partial charge in [-0.2, -0.15) is 21.6 Å². The van der Waals surface area contributed by atoms with Gasteiger partial charge in [-0.25, -0.2) is 0 Å². The molecule has 0 aliphatic heterocycles. The van der Waals surface area contributed by atoms with Crippen LogP contribution in [0, 0.1) is 53.3 Å². The molecule has 4 saturated carbocycles. The van der Waals surface area contributed by atoms with Gasteiger partial charge < -0.3 is 13.7 Å². The topological polar surface area (TPSA) is 130 Å². The number of hydrogen-bond acceptors (Lipinski definition) is 9. The Labute approximate surface area is 345 Å². The van der Waals surface area contributed by atoms with Gasteiger partial charge in [0, 0.05) is 36.5 Å². The van der Waals surface area contributed by atoms with Crippen LogP contribution in [0.2, 0.25) is 0 Å². The second-order valence-corrected chi connectivity index (χ2v) is 20.2. The number of aryl methyl sites for hydroxylation is 3. The lowest BCUT2D eigenvalue weighted by Gasteiger charge is -2.50. The lowest BCUT2D eigenvalue weighted by Crippen LogP contribution is -2.44. The molecule has 0 radical (unpaired) electrons. The number of ketones is 2. The fraction of sp³-hybridized carbons (Fsp3) is 0.652. The maximum Gasteiger partial charge on any atom is 0.534 e. The summed E-state index contributed by atoms with van der Waals surface area (Å²) in [6, 6.07) is 11.3. The van der Waals surface area contributed by atoms with Crippen molar-refractivity contribution >= 4 is 33.6 Å². The van der Waals surface area contributed by atoms with E-state index in [1.807, 2.05) is 6.92 Å². The Kier molecular flexibility index (Phi) is 12.0. The van der Waals surface area contributed by atoms with Crippen LogP contribution < -0.4 is 4.18 Å². The van der Waals surface area contributed by atoms with Crippen LogP contribution in [0.1, 0.15) is 131 Å². The fourth-order valence-electron chi connectivity index (χ4n) is 13.0. The highest BCUT2D eigenvalue weighted by Crippen LogP contribution is 2.63. The Balaban J connectivity index is 0.000000184. The highest BCUT2D eigenvalue weighted by Gasteiger charge is 2.60. The largest absolute Gasteiger partial charge is 0.534 e. The normalized spacial score (nSPS) is 33.2. The first-order valence-electron chi connectivity index (χ1n) is 21.2. The van der Waals surface area contributed by atoms with Crippen molar-refractivity contribution in [1.29, 1.82) is 0 Å². The summed E-state index contributed by atoms with van der Waals surface area (Å²) in [5.74, 6) is 2.39. The molecule has 0 N–H and O–H groups in total. The van der Waals surface area contributed by atoms with Crippen LogP contribution in [-0.2, 0) is 51.6 Å². The van der Waals surface area contributed by atoms with Crippen molar-refractivity contribution in [3.63, 3.8) is 0 Å². The molecule has 9 nitrogen and oxygen atoms in total. The van der Waals surface area contributed by atoms with Gasteiger partial charge in [-0.05, 0) is 153 Å². The van der Waals surface area contributed by atoms with E-state index in [1.54, 1.807) is 6.07 Å². The van der Waals surface area contributed by atoms with Crippen LogP contribution in [0.5, 0.6) is 5.75 Å². The van der Waals surface area contributed by atoms with E-state index in [1.165, 1.54) is 49.5 Å². The molecule has 6 aliphatic carbocycles. The first-order valence-corrected chi connectivity index (χ1v) is 22.6. The summed E-state index contributed by atoms with van der Waals surface area (Å²) in [4.78, 5) is 49.2. The number of carbonyl (C=O) groups is 4. The van der Waals surface area contributed by atoms with E-state index in [2.05, 4.69) is 36.2 Å². The molecular weight excluding hydrogens is 786 g/mol. The van der Waals surface area contributed by atoms with Gasteiger partial charge in [0.25, 0.3) is 0 Å². The number of halogens is 3. The Morgan fingerprint density at radius 2 is 1.19 bits per heavy atom. The van der Waals surface area contributed by atoms with Gasteiger partial charge in [-0.1, -0.05) is 43.7 Å². The molecule has 0 spiro atoms. The number of ether oxygens (including phenoxy) is 2. The van der Waals surface area contributed by atoms with E-state index in [-0.39, 0.29) is 59.0 Å². The minimum Gasteiger partial charge on any atom is -0.469 e. The molecule has 8 rings (SSSR count). The summed E-state index contributed by atoms with van der Waals surface area (Å²) in [6.45, 7) is 6.41. The summed E-state index contributed by atoms with van der Waals surface area (Å²) in [5.41, 5.74) is 0.0603. The Bertz CT molecular complexity index is 2100. The number of esters is 2. The third-order valence-electron chi connectivity index (χ3n) is 15.7. The zero-order valence-corrected chi connectivity index (χ0v) is 35.5. The van der Waals surface area contributed by atoms with Crippen molar-refractivity contribution in [1.82, 2.24) is 0 Å². The monoisotopic (exact) mass is 842 g/mol. The quantitative estimate of drug-likeness (QED) is 0.145. The molecule has 322 valence electrons. The number of alkyl halides is 3. The van der Waals surface area contributed by atoms with Gasteiger partial charge in [0.2, 0.25) is 0 Å². The molecule has 59 heavy (non-hydrogen) atoms. The number of Topliss-reactive ketones (excluding diaryl/α,β-unsaturated/α-hetero) is 2. The average molecular weight is 843 g/mol. The highest BCUT2D eigenvalue weighted by molar-refractivity contribution is 7.88. The minimum atomic E-state index is -5.72. The number of methoxy groups -OCH3 is 2. The number of hydrogen-bond donors (Lipinski definition) is 0. The van der Waals surface area contributed by atoms with Gasteiger partial charge in [0.1, 0.15) is 17.3 Å². The predicted octanol–water partition coefficient (Wildman–Crippen LogP) is 9.12. The zero-order valence-electron chi connectivity index (χ0n) is 34.7. The average Bonchev–Trinajstić information content (AvgIpc) is 3.61. The SMILES string of the molecule is COC(=O)CC[C@@H]1CC(=O)[C@@]2(C)CC[C@@H]3c4ccc(C)cc4CC[C@H]3[C@H]12.COC(=O)CC[C@@H]1CC(=O)[C@@]2(C)CC[C@@H]3c4ccc(OS(=O)(=O)C(F)(F)F)cc4CC[C@H]3[C@H]12. The van der Waals surface area contributed by atoms with Crippen molar-refractivity contribution in [3.05, 3.63) is 64.2 Å². The summed E-state index contributed by atoms with van der Waals surface area (Å²) >= 11 is 0. The summed E-state index contributed by atoms with van der Waals surface area (Å²) < 4.78 is 74.7. The Morgan fingerprint density at radius 1 is 0.729 bits per heavy atom. The molecule has 0 amide bonds. The highest BCUT2D eigenvalue weighted by atomic mass is 32.2. The molecule has 10 atom stereocenters. The molecule has 6 aliphatic rings. The number of benzene rings is 2. The van der Waals surface area contributed by atoms with Gasteiger partial charge in [0.05, 0.1) is 14.2 Å². The van der Waals surface area contributed by atoms with Crippen molar-refractivity contribution in [2.75, 3.05) is 14.2 Å². The van der Waals surface area contributed by atoms with Crippen molar-refractivity contribution in [2.24, 2.45) is 46.3 Å². The van der Waals surface area contributed by atoms with Crippen LogP contribution in [0.3, 0.4) is 0 Å². The van der Waals surface area contributed by atoms with E-state index in [0.717, 1.165) is 49.7 Å². The maximum atomic E-state index is 13.0. The molecule has 4 fully saturated rings. The Morgan fingerprint density at radius 3 is 1.64 bits per heavy atom.